The summed E-state index contributed by atoms with van der Waals surface area (Å²) in [4.78, 5) is 29.4. The summed E-state index contributed by atoms with van der Waals surface area (Å²) < 4.78 is 13.3. The molecule has 1 aromatic rings. The van der Waals surface area contributed by atoms with Crippen LogP contribution in [0, 0.1) is 4.91 Å². The van der Waals surface area contributed by atoms with Gasteiger partial charge in [-0.3, -0.25) is 4.79 Å². The summed E-state index contributed by atoms with van der Waals surface area (Å²) in [6.45, 7) is 1.57. The fourth-order valence-corrected chi connectivity index (χ4v) is 2.26. The Morgan fingerprint density at radius 3 is 3.19 bits per heavy atom. The summed E-state index contributed by atoms with van der Waals surface area (Å²) >= 11 is 0.710. The van der Waals surface area contributed by atoms with Crippen LogP contribution in [0.4, 0.5) is 11.8 Å². The first-order chi connectivity index (χ1) is 10.1. The lowest BCUT2D eigenvalue weighted by molar-refractivity contribution is -0.144. The first-order valence-corrected chi connectivity index (χ1v) is 7.03. The van der Waals surface area contributed by atoms with Crippen LogP contribution in [0.25, 0.3) is 0 Å². The van der Waals surface area contributed by atoms with E-state index in [1.165, 1.54) is 13.1 Å². The number of esters is 1. The molecule has 1 fully saturated rings. The van der Waals surface area contributed by atoms with Gasteiger partial charge in [0, 0.05) is 11.5 Å². The number of nitrogens with zero attached hydrogens (tertiary/aromatic N) is 3. The molecule has 21 heavy (non-hydrogen) atoms. The van der Waals surface area contributed by atoms with E-state index in [0.717, 1.165) is 6.42 Å². The van der Waals surface area contributed by atoms with Gasteiger partial charge in [0.2, 0.25) is 5.95 Å². The average molecular weight is 313 g/mol. The second-order valence-electron chi connectivity index (χ2n) is 4.38. The van der Waals surface area contributed by atoms with Crippen LogP contribution in [0.2, 0.25) is 0 Å². The third-order valence-electron chi connectivity index (χ3n) is 2.79. The van der Waals surface area contributed by atoms with Gasteiger partial charge >= 0.3 is 5.97 Å². The number of nitrogen functional groups attached to an aromatic ring is 1. The average Bonchev–Trinajstić information content (AvgIpc) is 2.87. The van der Waals surface area contributed by atoms with Crippen molar-refractivity contribution in [1.29, 1.82) is 0 Å². The summed E-state index contributed by atoms with van der Waals surface area (Å²) in [6.07, 6.45) is 2.42. The predicted molar refractivity (Wildman–Crippen MR) is 76.2 cm³/mol. The molecule has 3 N–H and O–H groups in total. The molecule has 114 valence electrons. The summed E-state index contributed by atoms with van der Waals surface area (Å²) in [5.41, 5.74) is 5.53. The largest absolute Gasteiger partial charge is 0.463 e. The number of anilines is 2. The summed E-state index contributed by atoms with van der Waals surface area (Å²) in [6, 6.07) is 0. The molecule has 0 spiro atoms. The van der Waals surface area contributed by atoms with Crippen molar-refractivity contribution in [1.82, 2.24) is 9.97 Å². The highest BCUT2D eigenvalue weighted by Crippen LogP contribution is 2.29. The number of nitrogens with one attached hydrogen (secondary N) is 1. The van der Waals surface area contributed by atoms with Gasteiger partial charge in [0.25, 0.3) is 0 Å². The monoisotopic (exact) mass is 313 g/mol. The van der Waals surface area contributed by atoms with Crippen LogP contribution >= 0.6 is 11.9 Å². The highest BCUT2D eigenvalue weighted by Gasteiger charge is 2.27. The predicted octanol–water partition coefficient (Wildman–Crippen LogP) is 1.31. The molecule has 10 heteroatoms. The molecule has 0 saturated carbocycles. The van der Waals surface area contributed by atoms with Crippen LogP contribution in [0.15, 0.2) is 15.7 Å². The van der Waals surface area contributed by atoms with Crippen molar-refractivity contribution < 1.29 is 14.3 Å². The van der Waals surface area contributed by atoms with Crippen LogP contribution in [0.1, 0.15) is 19.8 Å². The van der Waals surface area contributed by atoms with Gasteiger partial charge < -0.3 is 20.5 Å². The minimum absolute atomic E-state index is 0.0854. The van der Waals surface area contributed by atoms with Gasteiger partial charge in [-0.15, -0.1) is 4.91 Å². The molecule has 1 aliphatic rings. The minimum Gasteiger partial charge on any atom is -0.463 e. The Kier molecular flexibility index (Phi) is 5.28. The molecule has 2 heterocycles. The van der Waals surface area contributed by atoms with Gasteiger partial charge in [-0.05, 0) is 12.8 Å². The summed E-state index contributed by atoms with van der Waals surface area (Å²) in [5, 5.41) is 3.04. The van der Waals surface area contributed by atoms with Crippen molar-refractivity contribution >= 4 is 29.7 Å². The van der Waals surface area contributed by atoms with Gasteiger partial charge in [-0.25, -0.2) is 4.98 Å². The molecule has 2 atom stereocenters. The fourth-order valence-electron chi connectivity index (χ4n) is 1.89. The molecule has 2 unspecified atom stereocenters. The number of aromatic nitrogens is 2. The number of carbonyl (C=O) groups is 1. The minimum atomic E-state index is -0.339. The Hall–Kier alpha value is -1.94. The number of ether oxygens (including phenoxy) is 2. The van der Waals surface area contributed by atoms with Crippen LogP contribution < -0.4 is 11.1 Å². The first-order valence-electron chi connectivity index (χ1n) is 6.26. The zero-order chi connectivity index (χ0) is 15.2. The van der Waals surface area contributed by atoms with Crippen molar-refractivity contribution in [3.8, 4) is 0 Å². The number of hydrogen-bond donors (Lipinski definition) is 2. The molecule has 9 nitrogen and oxygen atoms in total. The second-order valence-corrected chi connectivity index (χ2v) is 5.15. The van der Waals surface area contributed by atoms with Crippen molar-refractivity contribution in [3.63, 3.8) is 0 Å². The van der Waals surface area contributed by atoms with E-state index < -0.39 is 0 Å². The quantitative estimate of drug-likeness (QED) is 0.453. The van der Waals surface area contributed by atoms with Crippen LogP contribution in [-0.2, 0) is 14.3 Å². The number of nitroso groups, excluding NO2 is 1. The van der Waals surface area contributed by atoms with E-state index in [9.17, 15) is 9.70 Å². The SMILES string of the molecule is CC(=O)OCC1CCC(Nc2nc(N)ncc2SN=O)O1. The lowest BCUT2D eigenvalue weighted by Crippen LogP contribution is -2.24. The van der Waals surface area contributed by atoms with Crippen LogP contribution in [0.3, 0.4) is 0 Å². The lowest BCUT2D eigenvalue weighted by atomic mass is 10.2. The third kappa shape index (κ3) is 4.53. The van der Waals surface area contributed by atoms with Gasteiger partial charge in [0.05, 0.1) is 29.1 Å². The molecule has 0 radical (unpaired) electrons. The Morgan fingerprint density at radius 2 is 2.48 bits per heavy atom. The Morgan fingerprint density at radius 1 is 1.67 bits per heavy atom. The summed E-state index contributed by atoms with van der Waals surface area (Å²) in [7, 11) is 0. The van der Waals surface area contributed by atoms with Crippen LogP contribution in [0.5, 0.6) is 0 Å². The maximum atomic E-state index is 10.8. The molecule has 0 aliphatic carbocycles. The highest BCUT2D eigenvalue weighted by molar-refractivity contribution is 7.98. The second kappa shape index (κ2) is 7.18. The maximum absolute atomic E-state index is 10.8. The van der Waals surface area contributed by atoms with E-state index in [0.29, 0.717) is 29.1 Å². The standard InChI is InChI=1S/C11H15N5O4S/c1-6(17)19-5-7-2-3-9(20-7)14-10-8(21-16-18)4-13-11(12)15-10/h4,7,9H,2-3,5H2,1H3,(H3,12,13,14,15). The molecule has 1 aliphatic heterocycles. The van der Waals surface area contributed by atoms with E-state index >= 15 is 0 Å². The zero-order valence-corrected chi connectivity index (χ0v) is 12.1. The number of nitrogens with two attached hydrogens (primary N) is 1. The van der Waals surface area contributed by atoms with Crippen molar-refractivity contribution in [2.75, 3.05) is 17.7 Å². The van der Waals surface area contributed by atoms with Gasteiger partial charge in [-0.2, -0.15) is 4.98 Å². The molecule has 2 rings (SSSR count). The number of hydrogen-bond acceptors (Lipinski definition) is 10. The third-order valence-corrected chi connectivity index (χ3v) is 3.36. The zero-order valence-electron chi connectivity index (χ0n) is 11.3. The van der Waals surface area contributed by atoms with Crippen molar-refractivity contribution in [2.45, 2.75) is 37.0 Å². The molecule has 1 aromatic heterocycles. The Bertz CT molecular complexity index is 529. The van der Waals surface area contributed by atoms with E-state index in [1.54, 1.807) is 0 Å². The number of rotatable bonds is 6. The van der Waals surface area contributed by atoms with Crippen molar-refractivity contribution in [3.05, 3.63) is 11.1 Å². The highest BCUT2D eigenvalue weighted by atomic mass is 32.2. The molecule has 0 aromatic carbocycles. The van der Waals surface area contributed by atoms with E-state index in [-0.39, 0.29) is 30.9 Å². The van der Waals surface area contributed by atoms with Crippen molar-refractivity contribution in [2.24, 2.45) is 4.58 Å². The van der Waals surface area contributed by atoms with Gasteiger partial charge in [0.1, 0.15) is 18.7 Å². The fraction of sp³-hybridized carbons (Fsp3) is 0.545. The van der Waals surface area contributed by atoms with E-state index in [2.05, 4.69) is 19.9 Å². The number of carbonyl (C=O) groups excluding carboxylic acids is 1. The van der Waals surface area contributed by atoms with E-state index in [1.807, 2.05) is 0 Å². The Labute approximate surface area is 125 Å². The normalized spacial score (nSPS) is 21.0. The lowest BCUT2D eigenvalue weighted by Gasteiger charge is -2.16. The van der Waals surface area contributed by atoms with E-state index in [4.69, 9.17) is 15.2 Å². The smallest absolute Gasteiger partial charge is 0.302 e. The molecular formula is C11H15N5O4S. The van der Waals surface area contributed by atoms with Gasteiger partial charge in [-0.1, -0.05) is 0 Å². The van der Waals surface area contributed by atoms with Gasteiger partial charge in [0.15, 0.2) is 0 Å². The Balaban J connectivity index is 1.94. The molecule has 1 saturated heterocycles. The molecule has 0 amide bonds. The summed E-state index contributed by atoms with van der Waals surface area (Å²) in [5.74, 6) is 0.141. The molecule has 0 bridgehead atoms. The molecular weight excluding hydrogens is 298 g/mol. The topological polar surface area (TPSA) is 129 Å². The first kappa shape index (κ1) is 15.4. The van der Waals surface area contributed by atoms with Crippen LogP contribution in [-0.4, -0.2) is 34.9 Å². The maximum Gasteiger partial charge on any atom is 0.302 e.